The van der Waals surface area contributed by atoms with Gasteiger partial charge in [-0.15, -0.1) is 0 Å². The van der Waals surface area contributed by atoms with Crippen LogP contribution in [0.15, 0.2) is 36.5 Å². The van der Waals surface area contributed by atoms with E-state index in [1.54, 1.807) is 25.3 Å². The number of nitrogens with one attached hydrogen (secondary N) is 1. The normalized spacial score (nSPS) is 11.5. The molecule has 0 fully saturated rings. The number of carbonyl (C=O) groups is 1. The lowest BCUT2D eigenvalue weighted by atomic mass is 10.2. The van der Waals surface area contributed by atoms with E-state index in [0.717, 1.165) is 23.0 Å². The van der Waals surface area contributed by atoms with Crippen LogP contribution in [0.5, 0.6) is 5.75 Å². The monoisotopic (exact) mass is 353 g/mol. The van der Waals surface area contributed by atoms with Crippen molar-refractivity contribution in [2.24, 2.45) is 0 Å². The van der Waals surface area contributed by atoms with Crippen molar-refractivity contribution in [3.63, 3.8) is 0 Å². The second-order valence-electron chi connectivity index (χ2n) is 4.74. The lowest BCUT2D eigenvalue weighted by Crippen LogP contribution is -2.14. The Morgan fingerprint density at radius 2 is 2.04 bits per heavy atom. The number of anilines is 1. The number of fused-ring (bicyclic) bond motifs is 1. The molecule has 1 amide bonds. The highest BCUT2D eigenvalue weighted by atomic mass is 32.1. The molecule has 1 N–H and O–H groups in total. The van der Waals surface area contributed by atoms with E-state index in [1.807, 2.05) is 0 Å². The predicted octanol–water partition coefficient (Wildman–Crippen LogP) is 3.97. The van der Waals surface area contributed by atoms with Crippen LogP contribution >= 0.6 is 11.3 Å². The van der Waals surface area contributed by atoms with E-state index in [-0.39, 0.29) is 5.56 Å². The average molecular weight is 353 g/mol. The molecule has 5 nitrogen and oxygen atoms in total. The predicted molar refractivity (Wildman–Crippen MR) is 83.4 cm³/mol. The van der Waals surface area contributed by atoms with Crippen molar-refractivity contribution >= 4 is 32.6 Å². The van der Waals surface area contributed by atoms with Crippen LogP contribution in [-0.2, 0) is 6.18 Å². The van der Waals surface area contributed by atoms with Crippen LogP contribution in [0.1, 0.15) is 16.1 Å². The fourth-order valence-electron chi connectivity index (χ4n) is 1.95. The van der Waals surface area contributed by atoms with Gasteiger partial charge in [0.25, 0.3) is 5.91 Å². The first-order valence-corrected chi connectivity index (χ1v) is 7.47. The minimum absolute atomic E-state index is 0.0137. The van der Waals surface area contributed by atoms with Gasteiger partial charge in [0.1, 0.15) is 11.4 Å². The van der Waals surface area contributed by atoms with Crippen LogP contribution < -0.4 is 10.1 Å². The molecule has 0 aliphatic rings. The number of benzene rings is 1. The van der Waals surface area contributed by atoms with Crippen molar-refractivity contribution in [3.05, 3.63) is 47.8 Å². The number of pyridine rings is 1. The van der Waals surface area contributed by atoms with Crippen LogP contribution in [0, 0.1) is 0 Å². The summed E-state index contributed by atoms with van der Waals surface area (Å²) in [6.07, 6.45) is -3.66. The molecule has 0 spiro atoms. The number of halogens is 3. The molecular formula is C15H10F3N3O2S. The summed E-state index contributed by atoms with van der Waals surface area (Å²) < 4.78 is 43.3. The van der Waals surface area contributed by atoms with Crippen molar-refractivity contribution in [3.8, 4) is 5.75 Å². The molecule has 0 saturated carbocycles. The number of hydrogen-bond acceptors (Lipinski definition) is 5. The first-order chi connectivity index (χ1) is 11.4. The topological polar surface area (TPSA) is 64.1 Å². The Labute approximate surface area is 138 Å². The Kier molecular flexibility index (Phi) is 4.10. The molecule has 0 atom stereocenters. The van der Waals surface area contributed by atoms with Gasteiger partial charge in [0.2, 0.25) is 0 Å². The highest BCUT2D eigenvalue weighted by Gasteiger charge is 2.32. The second kappa shape index (κ2) is 6.08. The number of alkyl halides is 3. The number of thiazole rings is 1. The molecule has 0 aliphatic carbocycles. The molecule has 3 rings (SSSR count). The Hall–Kier alpha value is -2.68. The Bertz CT molecular complexity index is 891. The average Bonchev–Trinajstić information content (AvgIpc) is 2.95. The van der Waals surface area contributed by atoms with Crippen molar-refractivity contribution in [1.29, 1.82) is 0 Å². The third-order valence-corrected chi connectivity index (χ3v) is 4.07. The van der Waals surface area contributed by atoms with Gasteiger partial charge in [0, 0.05) is 6.20 Å². The van der Waals surface area contributed by atoms with Gasteiger partial charge in [-0.25, -0.2) is 4.98 Å². The second-order valence-corrected chi connectivity index (χ2v) is 5.77. The molecule has 0 radical (unpaired) electrons. The first-order valence-electron chi connectivity index (χ1n) is 6.66. The molecule has 1 aromatic carbocycles. The van der Waals surface area contributed by atoms with E-state index in [1.165, 1.54) is 11.3 Å². The smallest absolute Gasteiger partial charge is 0.433 e. The molecule has 2 heterocycles. The van der Waals surface area contributed by atoms with Gasteiger partial charge in [-0.1, -0.05) is 11.3 Å². The lowest BCUT2D eigenvalue weighted by Gasteiger charge is -2.06. The molecule has 9 heteroatoms. The summed E-state index contributed by atoms with van der Waals surface area (Å²) in [6, 6.07) is 7.11. The SMILES string of the molecule is COc1ccc2nc(NC(=O)c3ccc(C(F)(F)F)nc3)sc2c1. The van der Waals surface area contributed by atoms with Crippen LogP contribution in [0.2, 0.25) is 0 Å². The van der Waals surface area contributed by atoms with Gasteiger partial charge in [-0.3, -0.25) is 15.1 Å². The maximum absolute atomic E-state index is 12.5. The van der Waals surface area contributed by atoms with Crippen LogP contribution in [0.4, 0.5) is 18.3 Å². The number of hydrogen-bond donors (Lipinski definition) is 1. The van der Waals surface area contributed by atoms with Gasteiger partial charge in [-0.2, -0.15) is 13.2 Å². The highest BCUT2D eigenvalue weighted by Crippen LogP contribution is 2.30. The molecule has 2 aromatic heterocycles. The van der Waals surface area contributed by atoms with E-state index in [2.05, 4.69) is 15.3 Å². The number of aromatic nitrogens is 2. The lowest BCUT2D eigenvalue weighted by molar-refractivity contribution is -0.141. The fourth-order valence-corrected chi connectivity index (χ4v) is 2.84. The van der Waals surface area contributed by atoms with Gasteiger partial charge >= 0.3 is 6.18 Å². The molecule has 24 heavy (non-hydrogen) atoms. The summed E-state index contributed by atoms with van der Waals surface area (Å²) in [7, 11) is 1.54. The summed E-state index contributed by atoms with van der Waals surface area (Å²) >= 11 is 1.23. The number of nitrogens with zero attached hydrogens (tertiary/aromatic N) is 2. The number of rotatable bonds is 3. The third-order valence-electron chi connectivity index (χ3n) is 3.13. The minimum Gasteiger partial charge on any atom is -0.497 e. The van der Waals surface area contributed by atoms with Crippen LogP contribution in [0.3, 0.4) is 0 Å². The summed E-state index contributed by atoms with van der Waals surface area (Å²) in [5.41, 5.74) is -0.354. The highest BCUT2D eigenvalue weighted by molar-refractivity contribution is 7.22. The van der Waals surface area contributed by atoms with Crippen LogP contribution in [0.25, 0.3) is 10.2 Å². The van der Waals surface area contributed by atoms with Gasteiger partial charge in [-0.05, 0) is 30.3 Å². The largest absolute Gasteiger partial charge is 0.497 e. The zero-order valence-corrected chi connectivity index (χ0v) is 13.0. The maximum atomic E-state index is 12.5. The fraction of sp³-hybridized carbons (Fsp3) is 0.133. The van der Waals surface area contributed by atoms with Gasteiger partial charge in [0.05, 0.1) is 22.9 Å². The Morgan fingerprint density at radius 3 is 2.67 bits per heavy atom. The molecular weight excluding hydrogens is 343 g/mol. The van der Waals surface area contributed by atoms with E-state index < -0.39 is 17.8 Å². The number of carbonyl (C=O) groups excluding carboxylic acids is 1. The van der Waals surface area contributed by atoms with Crippen molar-refractivity contribution in [2.45, 2.75) is 6.18 Å². The summed E-state index contributed by atoms with van der Waals surface area (Å²) in [4.78, 5) is 19.6. The van der Waals surface area contributed by atoms with Gasteiger partial charge in [0.15, 0.2) is 5.13 Å². The standard InChI is InChI=1S/C15H10F3N3O2S/c1-23-9-3-4-10-11(6-9)24-14(20-10)21-13(22)8-2-5-12(19-7-8)15(16,17)18/h2-7H,1H3,(H,20,21,22). The maximum Gasteiger partial charge on any atom is 0.433 e. The zero-order valence-electron chi connectivity index (χ0n) is 12.2. The van der Waals surface area contributed by atoms with Crippen molar-refractivity contribution < 1.29 is 22.7 Å². The first kappa shape index (κ1) is 16.2. The van der Waals surface area contributed by atoms with E-state index in [9.17, 15) is 18.0 Å². The van der Waals surface area contributed by atoms with Crippen LogP contribution in [-0.4, -0.2) is 23.0 Å². The molecule has 0 unspecified atom stereocenters. The summed E-state index contributed by atoms with van der Waals surface area (Å²) in [5.74, 6) is 0.0817. The van der Waals surface area contributed by atoms with E-state index in [0.29, 0.717) is 16.4 Å². The minimum atomic E-state index is -4.54. The quantitative estimate of drug-likeness (QED) is 0.774. The number of amides is 1. The zero-order chi connectivity index (χ0) is 17.3. The molecule has 124 valence electrons. The number of methoxy groups -OCH3 is 1. The molecule has 0 aliphatic heterocycles. The van der Waals surface area contributed by atoms with Crippen molar-refractivity contribution in [2.75, 3.05) is 12.4 Å². The van der Waals surface area contributed by atoms with E-state index >= 15 is 0 Å². The molecule has 0 bridgehead atoms. The van der Waals surface area contributed by atoms with E-state index in [4.69, 9.17) is 4.74 Å². The molecule has 3 aromatic rings. The van der Waals surface area contributed by atoms with Gasteiger partial charge < -0.3 is 4.74 Å². The molecule has 0 saturated heterocycles. The summed E-state index contributed by atoms with van der Waals surface area (Å²) in [5, 5.41) is 2.89. The summed E-state index contributed by atoms with van der Waals surface area (Å²) in [6.45, 7) is 0. The van der Waals surface area contributed by atoms with Crippen molar-refractivity contribution in [1.82, 2.24) is 9.97 Å². The third kappa shape index (κ3) is 3.30. The Morgan fingerprint density at radius 1 is 1.25 bits per heavy atom. The Balaban J connectivity index is 1.79. The number of ether oxygens (including phenoxy) is 1.